The molecule has 0 aliphatic heterocycles. The van der Waals surface area contributed by atoms with Crippen molar-refractivity contribution in [2.75, 3.05) is 0 Å². The third-order valence-electron chi connectivity index (χ3n) is 4.53. The van der Waals surface area contributed by atoms with E-state index in [0.717, 1.165) is 18.7 Å². The van der Waals surface area contributed by atoms with Crippen LogP contribution < -0.4 is 0 Å². The number of rotatable bonds is 6. The first-order chi connectivity index (χ1) is 11.6. The lowest BCUT2D eigenvalue weighted by Crippen LogP contribution is -2.16. The van der Waals surface area contributed by atoms with Gasteiger partial charge < -0.3 is 9.67 Å². The van der Waals surface area contributed by atoms with E-state index in [-0.39, 0.29) is 0 Å². The quantitative estimate of drug-likeness (QED) is 0.803. The first-order valence-corrected chi connectivity index (χ1v) is 9.39. The van der Waals surface area contributed by atoms with E-state index in [0.29, 0.717) is 17.6 Å². The zero-order chi connectivity index (χ0) is 16.9. The summed E-state index contributed by atoms with van der Waals surface area (Å²) in [5.74, 6) is 0.622. The van der Waals surface area contributed by atoms with Crippen LogP contribution in [0.2, 0.25) is 0 Å². The van der Waals surface area contributed by atoms with E-state index in [1.54, 1.807) is 6.92 Å². The molecular formula is C18H23N3O2S. The molecule has 0 unspecified atom stereocenters. The summed E-state index contributed by atoms with van der Waals surface area (Å²) in [4.78, 5) is 11.2. The van der Waals surface area contributed by atoms with Crippen LogP contribution in [0.3, 0.4) is 0 Å². The highest BCUT2D eigenvalue weighted by Crippen LogP contribution is 2.34. The molecule has 1 aromatic heterocycles. The highest BCUT2D eigenvalue weighted by Gasteiger charge is 2.25. The van der Waals surface area contributed by atoms with Gasteiger partial charge in [-0.2, -0.15) is 0 Å². The van der Waals surface area contributed by atoms with Gasteiger partial charge in [-0.3, -0.25) is 4.79 Å². The number of carboxylic acids is 1. The van der Waals surface area contributed by atoms with Gasteiger partial charge in [-0.1, -0.05) is 61.4 Å². The number of benzene rings is 1. The molecule has 128 valence electrons. The molecule has 0 spiro atoms. The molecule has 0 radical (unpaired) electrons. The van der Waals surface area contributed by atoms with E-state index in [4.69, 9.17) is 0 Å². The Morgan fingerprint density at radius 1 is 1.25 bits per heavy atom. The molecule has 0 bridgehead atoms. The Labute approximate surface area is 146 Å². The fraction of sp³-hybridized carbons (Fsp3) is 0.500. The maximum Gasteiger partial charge on any atom is 0.316 e. The highest BCUT2D eigenvalue weighted by atomic mass is 32.2. The number of hydrogen-bond donors (Lipinski definition) is 1. The molecular weight excluding hydrogens is 322 g/mol. The van der Waals surface area contributed by atoms with Crippen molar-refractivity contribution in [1.82, 2.24) is 14.8 Å². The van der Waals surface area contributed by atoms with Gasteiger partial charge in [0.1, 0.15) is 11.1 Å². The lowest BCUT2D eigenvalue weighted by molar-refractivity contribution is -0.136. The van der Waals surface area contributed by atoms with Crippen molar-refractivity contribution in [3.63, 3.8) is 0 Å². The number of aromatic nitrogens is 3. The Morgan fingerprint density at radius 3 is 2.62 bits per heavy atom. The van der Waals surface area contributed by atoms with E-state index < -0.39 is 11.2 Å². The Kier molecular flexibility index (Phi) is 5.56. The summed E-state index contributed by atoms with van der Waals surface area (Å²) in [6.45, 7) is 2.38. The van der Waals surface area contributed by atoms with Gasteiger partial charge in [-0.25, -0.2) is 0 Å². The average molecular weight is 345 g/mol. The summed E-state index contributed by atoms with van der Waals surface area (Å²) < 4.78 is 2.12. The monoisotopic (exact) mass is 345 g/mol. The molecule has 5 nitrogen and oxygen atoms in total. The molecule has 2 aromatic rings. The van der Waals surface area contributed by atoms with Crippen LogP contribution in [0.15, 0.2) is 35.5 Å². The zero-order valence-electron chi connectivity index (χ0n) is 13.9. The number of carbonyl (C=O) groups is 1. The minimum atomic E-state index is -0.825. The fourth-order valence-corrected chi connectivity index (χ4v) is 3.96. The number of aliphatic carboxylic acids is 1. The van der Waals surface area contributed by atoms with Crippen LogP contribution in [0.1, 0.15) is 56.3 Å². The lowest BCUT2D eigenvalue weighted by atomic mass is 9.88. The van der Waals surface area contributed by atoms with E-state index in [1.165, 1.54) is 36.6 Å². The minimum Gasteiger partial charge on any atom is -0.480 e. The van der Waals surface area contributed by atoms with Crippen molar-refractivity contribution in [1.29, 1.82) is 0 Å². The van der Waals surface area contributed by atoms with E-state index in [9.17, 15) is 9.90 Å². The van der Waals surface area contributed by atoms with Gasteiger partial charge in [0.15, 0.2) is 5.16 Å². The third kappa shape index (κ3) is 3.98. The number of thioether (sulfide) groups is 1. The Balaban J connectivity index is 1.90. The van der Waals surface area contributed by atoms with Crippen LogP contribution in [-0.4, -0.2) is 31.1 Å². The third-order valence-corrected chi connectivity index (χ3v) is 5.60. The molecule has 1 aromatic carbocycles. The molecule has 1 atom stereocenters. The number of hydrogen-bond acceptors (Lipinski definition) is 4. The van der Waals surface area contributed by atoms with E-state index in [2.05, 4.69) is 26.9 Å². The largest absolute Gasteiger partial charge is 0.480 e. The predicted octanol–water partition coefficient (Wildman–Crippen LogP) is 3.94. The topological polar surface area (TPSA) is 68.0 Å². The van der Waals surface area contributed by atoms with Crippen LogP contribution in [-0.2, 0) is 11.3 Å². The van der Waals surface area contributed by atoms with E-state index >= 15 is 0 Å². The normalized spacial score (nSPS) is 16.9. The van der Waals surface area contributed by atoms with Crippen molar-refractivity contribution in [2.24, 2.45) is 0 Å². The summed E-state index contributed by atoms with van der Waals surface area (Å²) >= 11 is 1.27. The second-order valence-corrected chi connectivity index (χ2v) is 7.65. The average Bonchev–Trinajstić information content (AvgIpc) is 2.99. The second kappa shape index (κ2) is 7.83. The van der Waals surface area contributed by atoms with Gasteiger partial charge in [0.25, 0.3) is 0 Å². The Bertz CT molecular complexity index is 681. The molecule has 1 saturated carbocycles. The lowest BCUT2D eigenvalue weighted by Gasteiger charge is -2.22. The molecule has 0 amide bonds. The highest BCUT2D eigenvalue weighted by molar-refractivity contribution is 8.00. The molecule has 0 saturated heterocycles. The first kappa shape index (κ1) is 17.0. The van der Waals surface area contributed by atoms with Crippen molar-refractivity contribution in [2.45, 2.75) is 61.9 Å². The van der Waals surface area contributed by atoms with Crippen molar-refractivity contribution >= 4 is 17.7 Å². The van der Waals surface area contributed by atoms with Gasteiger partial charge >= 0.3 is 5.97 Å². The summed E-state index contributed by atoms with van der Waals surface area (Å²) in [6, 6.07) is 10.2. The fourth-order valence-electron chi connectivity index (χ4n) is 3.17. The zero-order valence-corrected chi connectivity index (χ0v) is 14.7. The van der Waals surface area contributed by atoms with Gasteiger partial charge in [0.2, 0.25) is 0 Å². The van der Waals surface area contributed by atoms with Gasteiger partial charge in [0, 0.05) is 5.92 Å². The maximum absolute atomic E-state index is 11.2. The smallest absolute Gasteiger partial charge is 0.316 e. The summed E-state index contributed by atoms with van der Waals surface area (Å²) in [7, 11) is 0. The molecule has 3 rings (SSSR count). The summed E-state index contributed by atoms with van der Waals surface area (Å²) in [5.41, 5.74) is 1.18. The first-order valence-electron chi connectivity index (χ1n) is 8.51. The van der Waals surface area contributed by atoms with Gasteiger partial charge in [-0.15, -0.1) is 10.2 Å². The van der Waals surface area contributed by atoms with Crippen LogP contribution in [0.5, 0.6) is 0 Å². The van der Waals surface area contributed by atoms with Crippen molar-refractivity contribution in [3.05, 3.63) is 41.7 Å². The Morgan fingerprint density at radius 2 is 1.96 bits per heavy atom. The minimum absolute atomic E-state index is 0.435. The van der Waals surface area contributed by atoms with Crippen LogP contribution in [0, 0.1) is 0 Å². The standard InChI is InChI=1S/C18H23N3O2S/c1-13(17(22)23)24-18-20-19-16(15-10-6-3-7-11-15)21(18)12-14-8-4-2-5-9-14/h2,4-5,8-9,13,15H,3,6-7,10-12H2,1H3,(H,22,23)/t13-/m1/s1. The molecule has 1 aliphatic rings. The summed E-state index contributed by atoms with van der Waals surface area (Å²) in [5, 5.41) is 18.1. The van der Waals surface area contributed by atoms with Crippen LogP contribution in [0.25, 0.3) is 0 Å². The second-order valence-electron chi connectivity index (χ2n) is 6.35. The van der Waals surface area contributed by atoms with Crippen LogP contribution >= 0.6 is 11.8 Å². The molecule has 1 N–H and O–H groups in total. The van der Waals surface area contributed by atoms with Gasteiger partial charge in [-0.05, 0) is 25.3 Å². The van der Waals surface area contributed by atoms with Crippen molar-refractivity contribution < 1.29 is 9.90 Å². The predicted molar refractivity (Wildman–Crippen MR) is 94.3 cm³/mol. The molecule has 1 aliphatic carbocycles. The number of carboxylic acid groups (broad SMARTS) is 1. The summed E-state index contributed by atoms with van der Waals surface area (Å²) in [6.07, 6.45) is 6.05. The Hall–Kier alpha value is -1.82. The van der Waals surface area contributed by atoms with Gasteiger partial charge in [0.05, 0.1) is 6.54 Å². The molecule has 1 heterocycles. The SMILES string of the molecule is C[C@@H](Sc1nnc(C2CCCCC2)n1Cc1ccccc1)C(=O)O. The molecule has 6 heteroatoms. The van der Waals surface area contributed by atoms with Crippen molar-refractivity contribution in [3.8, 4) is 0 Å². The number of nitrogens with zero attached hydrogens (tertiary/aromatic N) is 3. The van der Waals surface area contributed by atoms with E-state index in [1.807, 2.05) is 18.2 Å². The molecule has 24 heavy (non-hydrogen) atoms. The van der Waals surface area contributed by atoms with Crippen LogP contribution in [0.4, 0.5) is 0 Å². The maximum atomic E-state index is 11.2. The molecule has 1 fully saturated rings.